The minimum atomic E-state index is -1.76. The zero-order chi connectivity index (χ0) is 38.2. The van der Waals surface area contributed by atoms with Crippen molar-refractivity contribution in [3.63, 3.8) is 0 Å². The molecule has 0 aromatic heterocycles. The number of carbonyl (C=O) groups excluding carboxylic acids is 4. The topological polar surface area (TPSA) is 119 Å². The lowest BCUT2D eigenvalue weighted by Gasteiger charge is -2.44. The first-order valence-corrected chi connectivity index (χ1v) is 17.8. The molecule has 2 unspecified atom stereocenters. The molecule has 2 N–H and O–H groups in total. The van der Waals surface area contributed by atoms with Crippen molar-refractivity contribution in [3.05, 3.63) is 106 Å². The molecule has 3 aromatic carbocycles. The lowest BCUT2D eigenvalue weighted by molar-refractivity contribution is -0.148. The number of hydrogen-bond donors (Lipinski definition) is 2. The number of ether oxygens (including phenoxy) is 1. The first-order chi connectivity index (χ1) is 24.6. The number of benzene rings is 3. The Bertz CT molecular complexity index is 1700. The highest BCUT2D eigenvalue weighted by Crippen LogP contribution is 2.24. The molecular weight excluding hydrogens is 670 g/mol. The maximum absolute atomic E-state index is 14.4. The van der Waals surface area contributed by atoms with Gasteiger partial charge in [0, 0.05) is 49.9 Å². The SMILES string of the molecule is CCCN(CCC)C(=O)c1cc(C)cc(C(=O)NC(Cc2cc(F)cc(F)c2)[C@H](O)C2C(=O)N(Cc3ccccc3)CCN2C(=O)OC(C)(C)C)c1. The maximum atomic E-state index is 14.4. The average molecular weight is 721 g/mol. The van der Waals surface area contributed by atoms with E-state index in [4.69, 9.17) is 4.74 Å². The Labute approximate surface area is 304 Å². The number of aryl methyl sites for hydroxylation is 1. The number of piperazine rings is 1. The van der Waals surface area contributed by atoms with E-state index in [0.717, 1.165) is 35.4 Å². The van der Waals surface area contributed by atoms with Gasteiger partial charge < -0.3 is 25.0 Å². The summed E-state index contributed by atoms with van der Waals surface area (Å²) in [6.45, 7) is 12.2. The molecule has 1 fully saturated rings. The van der Waals surface area contributed by atoms with Crippen LogP contribution >= 0.6 is 0 Å². The second-order valence-electron chi connectivity index (χ2n) is 14.3. The van der Waals surface area contributed by atoms with E-state index < -0.39 is 53.3 Å². The number of amides is 4. The van der Waals surface area contributed by atoms with Crippen molar-refractivity contribution in [1.29, 1.82) is 0 Å². The Morgan fingerprint density at radius 2 is 1.54 bits per heavy atom. The number of hydrogen-bond acceptors (Lipinski definition) is 6. The molecule has 1 heterocycles. The van der Waals surface area contributed by atoms with Crippen LogP contribution in [0.4, 0.5) is 13.6 Å². The molecule has 3 aromatic rings. The van der Waals surface area contributed by atoms with Gasteiger partial charge in [-0.25, -0.2) is 13.6 Å². The van der Waals surface area contributed by atoms with Gasteiger partial charge in [0.05, 0.1) is 6.04 Å². The average Bonchev–Trinajstić information content (AvgIpc) is 3.07. The van der Waals surface area contributed by atoms with Gasteiger partial charge in [-0.15, -0.1) is 0 Å². The fourth-order valence-corrected chi connectivity index (χ4v) is 6.40. The van der Waals surface area contributed by atoms with Crippen LogP contribution in [0.1, 0.15) is 84.9 Å². The first-order valence-electron chi connectivity index (χ1n) is 17.8. The molecule has 1 aliphatic rings. The fraction of sp³-hybridized carbons (Fsp3) is 0.450. The number of carbonyl (C=O) groups is 4. The van der Waals surface area contributed by atoms with Crippen molar-refractivity contribution in [2.24, 2.45) is 0 Å². The van der Waals surface area contributed by atoms with Crippen LogP contribution in [-0.4, -0.2) is 93.6 Å². The Hall–Kier alpha value is -4.84. The molecule has 280 valence electrons. The van der Waals surface area contributed by atoms with Crippen LogP contribution in [0.15, 0.2) is 66.7 Å². The molecule has 0 saturated carbocycles. The number of rotatable bonds is 13. The third-order valence-electron chi connectivity index (χ3n) is 8.65. The number of nitrogens with one attached hydrogen (secondary N) is 1. The normalized spacial score (nSPS) is 15.9. The van der Waals surface area contributed by atoms with E-state index in [1.165, 1.54) is 11.0 Å². The molecule has 12 heteroatoms. The van der Waals surface area contributed by atoms with Crippen molar-refractivity contribution in [2.45, 2.75) is 91.1 Å². The van der Waals surface area contributed by atoms with E-state index in [1.54, 1.807) is 44.7 Å². The molecule has 1 saturated heterocycles. The molecule has 3 atom stereocenters. The number of halogens is 2. The van der Waals surface area contributed by atoms with Gasteiger partial charge in [0.2, 0.25) is 5.91 Å². The van der Waals surface area contributed by atoms with E-state index in [9.17, 15) is 33.1 Å². The van der Waals surface area contributed by atoms with Crippen LogP contribution < -0.4 is 5.32 Å². The van der Waals surface area contributed by atoms with E-state index >= 15 is 0 Å². The van der Waals surface area contributed by atoms with E-state index in [2.05, 4.69) is 5.32 Å². The number of aliphatic hydroxyl groups is 1. The monoisotopic (exact) mass is 720 g/mol. The van der Waals surface area contributed by atoms with Gasteiger partial charge in [-0.3, -0.25) is 19.3 Å². The Morgan fingerprint density at radius 3 is 2.13 bits per heavy atom. The van der Waals surface area contributed by atoms with Crippen LogP contribution in [0.25, 0.3) is 0 Å². The molecule has 1 aliphatic heterocycles. The zero-order valence-corrected chi connectivity index (χ0v) is 30.8. The van der Waals surface area contributed by atoms with Gasteiger partial charge in [-0.1, -0.05) is 44.2 Å². The molecule has 10 nitrogen and oxygen atoms in total. The lowest BCUT2D eigenvalue weighted by atomic mass is 9.92. The summed E-state index contributed by atoms with van der Waals surface area (Å²) in [5.41, 5.74) is 1.08. The molecule has 0 spiro atoms. The molecule has 4 rings (SSSR count). The molecule has 52 heavy (non-hydrogen) atoms. The highest BCUT2D eigenvalue weighted by Gasteiger charge is 2.46. The van der Waals surface area contributed by atoms with Gasteiger partial charge >= 0.3 is 6.09 Å². The summed E-state index contributed by atoms with van der Waals surface area (Å²) >= 11 is 0. The van der Waals surface area contributed by atoms with Crippen LogP contribution in [0.2, 0.25) is 0 Å². The van der Waals surface area contributed by atoms with Crippen LogP contribution in [-0.2, 0) is 22.5 Å². The fourth-order valence-electron chi connectivity index (χ4n) is 6.40. The lowest BCUT2D eigenvalue weighted by Crippen LogP contribution is -2.66. The zero-order valence-electron chi connectivity index (χ0n) is 30.8. The van der Waals surface area contributed by atoms with Gasteiger partial charge in [-0.2, -0.15) is 0 Å². The van der Waals surface area contributed by atoms with Gasteiger partial charge in [0.1, 0.15) is 29.4 Å². The second-order valence-corrected chi connectivity index (χ2v) is 14.3. The van der Waals surface area contributed by atoms with Crippen LogP contribution in [0.5, 0.6) is 0 Å². The molecule has 4 amide bonds. The Kier molecular flexibility index (Phi) is 13.5. The summed E-state index contributed by atoms with van der Waals surface area (Å²) in [4.78, 5) is 59.7. The first kappa shape index (κ1) is 39.9. The highest BCUT2D eigenvalue weighted by molar-refractivity contribution is 6.00. The van der Waals surface area contributed by atoms with E-state index in [1.807, 2.05) is 44.2 Å². The summed E-state index contributed by atoms with van der Waals surface area (Å²) < 4.78 is 34.4. The van der Waals surface area contributed by atoms with E-state index in [-0.39, 0.29) is 43.1 Å². The van der Waals surface area contributed by atoms with Gasteiger partial charge in [0.15, 0.2) is 0 Å². The van der Waals surface area contributed by atoms with Crippen molar-refractivity contribution in [1.82, 2.24) is 20.0 Å². The quantitative estimate of drug-likeness (QED) is 0.228. The largest absolute Gasteiger partial charge is 0.444 e. The van der Waals surface area contributed by atoms with Crippen molar-refractivity contribution in [3.8, 4) is 0 Å². The number of aliphatic hydroxyl groups excluding tert-OH is 1. The summed E-state index contributed by atoms with van der Waals surface area (Å²) in [5, 5.41) is 14.9. The van der Waals surface area contributed by atoms with Crippen LogP contribution in [0, 0.1) is 18.6 Å². The summed E-state index contributed by atoms with van der Waals surface area (Å²) in [6, 6.07) is 14.0. The predicted molar refractivity (Wildman–Crippen MR) is 194 cm³/mol. The molecule has 0 bridgehead atoms. The molecule has 0 aliphatic carbocycles. The minimum absolute atomic E-state index is 0.0137. The van der Waals surface area contributed by atoms with Gasteiger partial charge in [0.25, 0.3) is 11.8 Å². The Balaban J connectivity index is 1.73. The van der Waals surface area contributed by atoms with Crippen LogP contribution in [0.3, 0.4) is 0 Å². The van der Waals surface area contributed by atoms with E-state index in [0.29, 0.717) is 30.3 Å². The summed E-state index contributed by atoms with van der Waals surface area (Å²) in [5.74, 6) is -3.23. The highest BCUT2D eigenvalue weighted by atomic mass is 19.1. The smallest absolute Gasteiger partial charge is 0.411 e. The van der Waals surface area contributed by atoms with Gasteiger partial charge in [-0.05, 0) is 94.0 Å². The second kappa shape index (κ2) is 17.6. The van der Waals surface area contributed by atoms with Crippen molar-refractivity contribution < 1.29 is 37.8 Å². The summed E-state index contributed by atoms with van der Waals surface area (Å²) in [7, 11) is 0. The maximum Gasteiger partial charge on any atom is 0.411 e. The third-order valence-corrected chi connectivity index (χ3v) is 8.65. The molecular formula is C40H50F2N4O6. The third kappa shape index (κ3) is 10.6. The standard InChI is InChI=1S/C40H50F2N4O6/c1-7-14-44(15-8-2)37(49)30-19-26(3)18-29(23-30)36(48)43-33(22-28-20-31(41)24-32(42)21-28)35(47)34-38(50)45(25-27-12-10-9-11-13-27)16-17-46(34)39(51)52-40(4,5)6/h9-13,18-21,23-24,33-35,47H,7-8,14-17,22,25H2,1-6H3,(H,43,48)/t33?,34?,35-/m0/s1. The molecule has 0 radical (unpaired) electrons. The minimum Gasteiger partial charge on any atom is -0.444 e. The number of nitrogens with zero attached hydrogens (tertiary/aromatic N) is 3. The van der Waals surface area contributed by atoms with Crippen molar-refractivity contribution in [2.75, 3.05) is 26.2 Å². The summed E-state index contributed by atoms with van der Waals surface area (Å²) in [6.07, 6.45) is -1.38. The van der Waals surface area contributed by atoms with Crippen molar-refractivity contribution >= 4 is 23.8 Å². The predicted octanol–water partition coefficient (Wildman–Crippen LogP) is 5.89. The Morgan fingerprint density at radius 1 is 0.923 bits per heavy atom.